The lowest BCUT2D eigenvalue weighted by Crippen LogP contribution is -2.31. The summed E-state index contributed by atoms with van der Waals surface area (Å²) in [6.07, 6.45) is -8.17. The SMILES string of the molecule is CC(COC(F)(F)C(F)F)c1ccccc1. The van der Waals surface area contributed by atoms with Gasteiger partial charge in [-0.1, -0.05) is 37.3 Å². The lowest BCUT2D eigenvalue weighted by atomic mass is 10.0. The van der Waals surface area contributed by atoms with Crippen LogP contribution in [-0.2, 0) is 4.74 Å². The van der Waals surface area contributed by atoms with E-state index in [2.05, 4.69) is 4.74 Å². The zero-order valence-corrected chi connectivity index (χ0v) is 8.67. The minimum Gasteiger partial charge on any atom is -0.315 e. The maximum atomic E-state index is 12.5. The van der Waals surface area contributed by atoms with Crippen molar-refractivity contribution in [2.75, 3.05) is 6.61 Å². The van der Waals surface area contributed by atoms with Crippen molar-refractivity contribution in [2.24, 2.45) is 0 Å². The Hall–Kier alpha value is -1.10. The van der Waals surface area contributed by atoms with Gasteiger partial charge in [-0.25, -0.2) is 8.78 Å². The Labute approximate surface area is 91.0 Å². The zero-order chi connectivity index (χ0) is 12.2. The number of hydrogen-bond donors (Lipinski definition) is 0. The zero-order valence-electron chi connectivity index (χ0n) is 8.67. The number of ether oxygens (including phenoxy) is 1. The molecule has 1 aromatic rings. The summed E-state index contributed by atoms with van der Waals surface area (Å²) in [5.41, 5.74) is 0.771. The minimum absolute atomic E-state index is 0.356. The van der Waals surface area contributed by atoms with E-state index < -0.39 is 19.1 Å². The standard InChI is InChI=1S/C11H12F4O/c1-8(9-5-3-2-4-6-9)7-16-11(14,15)10(12)13/h2-6,8,10H,7H2,1H3. The second kappa shape index (κ2) is 5.30. The van der Waals surface area contributed by atoms with E-state index in [4.69, 9.17) is 0 Å². The molecule has 1 nitrogen and oxygen atoms in total. The van der Waals surface area contributed by atoms with Gasteiger partial charge in [0.2, 0.25) is 0 Å². The van der Waals surface area contributed by atoms with Gasteiger partial charge in [0.1, 0.15) is 0 Å². The second-order valence-electron chi connectivity index (χ2n) is 3.49. The molecule has 0 fully saturated rings. The quantitative estimate of drug-likeness (QED) is 0.709. The van der Waals surface area contributed by atoms with Crippen molar-refractivity contribution >= 4 is 0 Å². The molecule has 1 rings (SSSR count). The predicted octanol–water partition coefficient (Wildman–Crippen LogP) is 3.66. The maximum Gasteiger partial charge on any atom is 0.416 e. The van der Waals surface area contributed by atoms with Crippen LogP contribution in [0, 0.1) is 0 Å². The largest absolute Gasteiger partial charge is 0.416 e. The molecule has 0 aliphatic heterocycles. The smallest absolute Gasteiger partial charge is 0.315 e. The highest BCUT2D eigenvalue weighted by Crippen LogP contribution is 2.26. The number of halogens is 4. The average Bonchev–Trinajstić information content (AvgIpc) is 2.27. The van der Waals surface area contributed by atoms with Crippen LogP contribution in [0.2, 0.25) is 0 Å². The summed E-state index contributed by atoms with van der Waals surface area (Å²) in [7, 11) is 0. The van der Waals surface area contributed by atoms with Crippen LogP contribution in [0.5, 0.6) is 0 Å². The van der Waals surface area contributed by atoms with Gasteiger partial charge in [-0.2, -0.15) is 8.78 Å². The fourth-order valence-corrected chi connectivity index (χ4v) is 1.18. The average molecular weight is 236 g/mol. The van der Waals surface area contributed by atoms with E-state index in [0.717, 1.165) is 5.56 Å². The molecule has 16 heavy (non-hydrogen) atoms. The Kier molecular flexibility index (Phi) is 4.29. The first-order chi connectivity index (χ1) is 7.43. The molecule has 0 N–H and O–H groups in total. The van der Waals surface area contributed by atoms with Gasteiger partial charge >= 0.3 is 12.5 Å². The monoisotopic (exact) mass is 236 g/mol. The molecule has 0 saturated heterocycles. The van der Waals surface area contributed by atoms with Crippen LogP contribution in [0.3, 0.4) is 0 Å². The third-order valence-corrected chi connectivity index (χ3v) is 2.15. The summed E-state index contributed by atoms with van der Waals surface area (Å²) >= 11 is 0. The highest BCUT2D eigenvalue weighted by Gasteiger charge is 2.42. The first kappa shape index (κ1) is 13.0. The van der Waals surface area contributed by atoms with Crippen molar-refractivity contribution in [2.45, 2.75) is 25.4 Å². The van der Waals surface area contributed by atoms with Gasteiger partial charge in [0.15, 0.2) is 0 Å². The van der Waals surface area contributed by atoms with Crippen molar-refractivity contribution in [3.8, 4) is 0 Å². The summed E-state index contributed by atoms with van der Waals surface area (Å²) in [5.74, 6) is -0.356. The molecule has 0 heterocycles. The summed E-state index contributed by atoms with van der Waals surface area (Å²) < 4.78 is 52.4. The molecule has 0 aliphatic carbocycles. The van der Waals surface area contributed by atoms with Crippen molar-refractivity contribution < 1.29 is 22.3 Å². The highest BCUT2D eigenvalue weighted by atomic mass is 19.3. The third-order valence-electron chi connectivity index (χ3n) is 2.15. The highest BCUT2D eigenvalue weighted by molar-refractivity contribution is 5.18. The lowest BCUT2D eigenvalue weighted by Gasteiger charge is -2.19. The summed E-state index contributed by atoms with van der Waals surface area (Å²) in [5, 5.41) is 0. The van der Waals surface area contributed by atoms with Gasteiger partial charge in [-0.15, -0.1) is 0 Å². The third kappa shape index (κ3) is 3.48. The van der Waals surface area contributed by atoms with Crippen molar-refractivity contribution in [3.05, 3.63) is 35.9 Å². The predicted molar refractivity (Wildman–Crippen MR) is 51.8 cm³/mol. The normalized spacial score (nSPS) is 14.1. The molecule has 0 amide bonds. The molecule has 1 aromatic carbocycles. The molecule has 0 aromatic heterocycles. The molecular formula is C11H12F4O. The van der Waals surface area contributed by atoms with E-state index in [-0.39, 0.29) is 5.92 Å². The van der Waals surface area contributed by atoms with Crippen molar-refractivity contribution in [1.29, 1.82) is 0 Å². The van der Waals surface area contributed by atoms with Crippen LogP contribution in [0.4, 0.5) is 17.6 Å². The van der Waals surface area contributed by atoms with Crippen molar-refractivity contribution in [1.82, 2.24) is 0 Å². The van der Waals surface area contributed by atoms with Crippen LogP contribution in [-0.4, -0.2) is 19.1 Å². The fraction of sp³-hybridized carbons (Fsp3) is 0.455. The topological polar surface area (TPSA) is 9.23 Å². The van der Waals surface area contributed by atoms with Gasteiger partial charge in [0.05, 0.1) is 6.61 Å². The molecule has 90 valence electrons. The second-order valence-corrected chi connectivity index (χ2v) is 3.49. The Bertz CT molecular complexity index is 313. The number of benzene rings is 1. The van der Waals surface area contributed by atoms with Crippen LogP contribution in [0.15, 0.2) is 30.3 Å². The van der Waals surface area contributed by atoms with Crippen LogP contribution >= 0.6 is 0 Å². The van der Waals surface area contributed by atoms with Gasteiger partial charge in [0, 0.05) is 5.92 Å². The molecule has 0 spiro atoms. The van der Waals surface area contributed by atoms with Crippen LogP contribution < -0.4 is 0 Å². The summed E-state index contributed by atoms with van der Waals surface area (Å²) in [6, 6.07) is 8.74. The number of hydrogen-bond acceptors (Lipinski definition) is 1. The van der Waals surface area contributed by atoms with Gasteiger partial charge < -0.3 is 4.74 Å². The Balaban J connectivity index is 2.51. The molecule has 5 heteroatoms. The van der Waals surface area contributed by atoms with E-state index in [0.29, 0.717) is 0 Å². The van der Waals surface area contributed by atoms with E-state index in [9.17, 15) is 17.6 Å². The van der Waals surface area contributed by atoms with Gasteiger partial charge in [-0.05, 0) is 5.56 Å². The van der Waals surface area contributed by atoms with E-state index in [1.54, 1.807) is 37.3 Å². The molecule has 0 radical (unpaired) electrons. The minimum atomic E-state index is -4.37. The summed E-state index contributed by atoms with van der Waals surface area (Å²) in [6.45, 7) is 1.19. The summed E-state index contributed by atoms with van der Waals surface area (Å²) in [4.78, 5) is 0. The molecule has 0 aliphatic rings. The van der Waals surface area contributed by atoms with Crippen LogP contribution in [0.1, 0.15) is 18.4 Å². The van der Waals surface area contributed by atoms with Crippen molar-refractivity contribution in [3.63, 3.8) is 0 Å². The first-order valence-corrected chi connectivity index (χ1v) is 4.78. The Morgan fingerprint density at radius 2 is 1.75 bits per heavy atom. The molecule has 1 atom stereocenters. The molecular weight excluding hydrogens is 224 g/mol. The molecule has 0 bridgehead atoms. The van der Waals surface area contributed by atoms with E-state index >= 15 is 0 Å². The van der Waals surface area contributed by atoms with Crippen LogP contribution in [0.25, 0.3) is 0 Å². The maximum absolute atomic E-state index is 12.5. The number of alkyl halides is 4. The van der Waals surface area contributed by atoms with Gasteiger partial charge in [0.25, 0.3) is 0 Å². The molecule has 0 saturated carbocycles. The first-order valence-electron chi connectivity index (χ1n) is 4.78. The Morgan fingerprint density at radius 3 is 2.25 bits per heavy atom. The Morgan fingerprint density at radius 1 is 1.19 bits per heavy atom. The number of rotatable bonds is 5. The fourth-order valence-electron chi connectivity index (χ4n) is 1.18. The molecule has 1 unspecified atom stereocenters. The van der Waals surface area contributed by atoms with Gasteiger partial charge in [-0.3, -0.25) is 0 Å². The van der Waals surface area contributed by atoms with E-state index in [1.165, 1.54) is 0 Å². The lowest BCUT2D eigenvalue weighted by molar-refractivity contribution is -0.301. The van der Waals surface area contributed by atoms with E-state index in [1.807, 2.05) is 0 Å².